The van der Waals surface area contributed by atoms with E-state index in [1.165, 1.54) is 77.0 Å². The largest absolute Gasteiger partial charge is 0.395 e. The van der Waals surface area contributed by atoms with Crippen LogP contribution >= 0.6 is 0 Å². The first-order valence-electron chi connectivity index (χ1n) is 10.4. The lowest BCUT2D eigenvalue weighted by Crippen LogP contribution is -2.37. The fraction of sp³-hybridized carbons (Fsp3) is 0.905. The molecule has 0 aliphatic rings. The highest BCUT2D eigenvalue weighted by atomic mass is 16.3. The summed E-state index contributed by atoms with van der Waals surface area (Å²) in [5.74, 6) is 0. The first-order valence-corrected chi connectivity index (χ1v) is 10.4. The highest BCUT2D eigenvalue weighted by molar-refractivity contribution is 4.81. The molecule has 4 N–H and O–H groups in total. The van der Waals surface area contributed by atoms with Crippen molar-refractivity contribution in [3.8, 4) is 0 Å². The van der Waals surface area contributed by atoms with Gasteiger partial charge in [0.25, 0.3) is 0 Å². The number of hydrogen-bond acceptors (Lipinski definition) is 3. The molecule has 0 radical (unpaired) electrons. The Kier molecular flexibility index (Phi) is 18.7. The lowest BCUT2D eigenvalue weighted by Gasteiger charge is -2.15. The van der Waals surface area contributed by atoms with Crippen molar-refractivity contribution in [2.24, 2.45) is 5.73 Å². The van der Waals surface area contributed by atoms with Crippen molar-refractivity contribution < 1.29 is 10.2 Å². The molecule has 0 aromatic carbocycles. The van der Waals surface area contributed by atoms with Gasteiger partial charge in [0.05, 0.1) is 18.8 Å². The van der Waals surface area contributed by atoms with Crippen molar-refractivity contribution in [1.82, 2.24) is 0 Å². The van der Waals surface area contributed by atoms with Gasteiger partial charge in [-0.05, 0) is 32.1 Å². The summed E-state index contributed by atoms with van der Waals surface area (Å²) in [6.45, 7) is 2.13. The third kappa shape index (κ3) is 16.5. The number of aliphatic hydroxyl groups excluding tert-OH is 2. The molecule has 0 aliphatic heterocycles. The van der Waals surface area contributed by atoms with E-state index in [1.54, 1.807) is 0 Å². The molecule has 144 valence electrons. The molecule has 1 unspecified atom stereocenters. The van der Waals surface area contributed by atoms with Crippen LogP contribution in [0.25, 0.3) is 0 Å². The number of nitrogens with two attached hydrogens (primary N) is 1. The fourth-order valence-electron chi connectivity index (χ4n) is 2.94. The Morgan fingerprint density at radius 3 is 1.71 bits per heavy atom. The van der Waals surface area contributed by atoms with Crippen molar-refractivity contribution in [2.45, 2.75) is 115 Å². The van der Waals surface area contributed by atoms with E-state index in [0.29, 0.717) is 6.42 Å². The van der Waals surface area contributed by atoms with Crippen LogP contribution in [-0.4, -0.2) is 29.0 Å². The SMILES string of the molecule is CCCCCCCCC=CCCCCCCCCC(O)[C@@H](N)CO. The van der Waals surface area contributed by atoms with Gasteiger partial charge in [0, 0.05) is 0 Å². The van der Waals surface area contributed by atoms with Crippen LogP contribution in [0.4, 0.5) is 0 Å². The Hall–Kier alpha value is -0.380. The Labute approximate surface area is 150 Å². The summed E-state index contributed by atoms with van der Waals surface area (Å²) in [5.41, 5.74) is 5.58. The molecule has 0 aliphatic carbocycles. The molecule has 0 amide bonds. The molecular weight excluding hydrogens is 298 g/mol. The summed E-state index contributed by atoms with van der Waals surface area (Å²) in [6, 6.07) is -0.479. The maximum absolute atomic E-state index is 9.64. The molecular formula is C21H43NO2. The molecule has 0 bridgehead atoms. The number of unbranched alkanes of at least 4 members (excludes halogenated alkanes) is 12. The fourth-order valence-corrected chi connectivity index (χ4v) is 2.94. The van der Waals surface area contributed by atoms with Gasteiger partial charge < -0.3 is 15.9 Å². The molecule has 0 spiro atoms. The van der Waals surface area contributed by atoms with Gasteiger partial charge in [-0.2, -0.15) is 0 Å². The minimum atomic E-state index is -0.549. The second-order valence-corrected chi connectivity index (χ2v) is 7.14. The van der Waals surface area contributed by atoms with Gasteiger partial charge >= 0.3 is 0 Å². The summed E-state index contributed by atoms with van der Waals surface area (Å²) in [4.78, 5) is 0. The topological polar surface area (TPSA) is 66.5 Å². The molecule has 2 atom stereocenters. The maximum atomic E-state index is 9.64. The number of allylic oxidation sites excluding steroid dienone is 2. The van der Waals surface area contributed by atoms with Crippen molar-refractivity contribution in [1.29, 1.82) is 0 Å². The zero-order valence-electron chi connectivity index (χ0n) is 16.1. The third-order valence-electron chi connectivity index (χ3n) is 4.72. The predicted octanol–water partition coefficient (Wildman–Crippen LogP) is 5.09. The van der Waals surface area contributed by atoms with E-state index in [1.807, 2.05) is 0 Å². The van der Waals surface area contributed by atoms with E-state index in [0.717, 1.165) is 12.8 Å². The summed E-state index contributed by atoms with van der Waals surface area (Å²) < 4.78 is 0. The van der Waals surface area contributed by atoms with Gasteiger partial charge in [0.15, 0.2) is 0 Å². The van der Waals surface area contributed by atoms with E-state index >= 15 is 0 Å². The quantitative estimate of drug-likeness (QED) is 0.240. The predicted molar refractivity (Wildman–Crippen MR) is 105 cm³/mol. The highest BCUT2D eigenvalue weighted by Gasteiger charge is 2.12. The second kappa shape index (κ2) is 19.0. The molecule has 0 heterocycles. The Morgan fingerprint density at radius 1 is 0.750 bits per heavy atom. The second-order valence-electron chi connectivity index (χ2n) is 7.14. The van der Waals surface area contributed by atoms with Crippen LogP contribution in [0.3, 0.4) is 0 Å². The molecule has 0 rings (SSSR count). The van der Waals surface area contributed by atoms with Gasteiger partial charge in [-0.25, -0.2) is 0 Å². The van der Waals surface area contributed by atoms with Gasteiger partial charge in [-0.3, -0.25) is 0 Å². The standard InChI is InChI=1S/C21H43NO2/c1-2-3-4-5-6-7-8-9-10-11-12-13-14-15-16-17-18-21(24)20(22)19-23/h9-10,20-21,23-24H,2-8,11-19,22H2,1H3/t20-,21?/m0/s1. The zero-order chi connectivity index (χ0) is 17.9. The van der Waals surface area contributed by atoms with Crippen LogP contribution in [0, 0.1) is 0 Å². The molecule has 3 nitrogen and oxygen atoms in total. The maximum Gasteiger partial charge on any atom is 0.0713 e. The zero-order valence-corrected chi connectivity index (χ0v) is 16.1. The highest BCUT2D eigenvalue weighted by Crippen LogP contribution is 2.12. The first-order chi connectivity index (χ1) is 11.7. The van der Waals surface area contributed by atoms with Crippen LogP contribution in [-0.2, 0) is 0 Å². The summed E-state index contributed by atoms with van der Waals surface area (Å²) in [7, 11) is 0. The number of hydrogen-bond donors (Lipinski definition) is 3. The molecule has 0 saturated carbocycles. The molecule has 0 aromatic heterocycles. The summed E-state index contributed by atoms with van der Waals surface area (Å²) >= 11 is 0. The monoisotopic (exact) mass is 341 g/mol. The van der Waals surface area contributed by atoms with Crippen LogP contribution in [0.5, 0.6) is 0 Å². The molecule has 0 aromatic rings. The van der Waals surface area contributed by atoms with E-state index in [2.05, 4.69) is 19.1 Å². The van der Waals surface area contributed by atoms with Crippen LogP contribution in [0.15, 0.2) is 12.2 Å². The van der Waals surface area contributed by atoms with Crippen LogP contribution in [0.2, 0.25) is 0 Å². The molecule has 3 heteroatoms. The molecule has 24 heavy (non-hydrogen) atoms. The minimum Gasteiger partial charge on any atom is -0.395 e. The molecule has 0 fully saturated rings. The van der Waals surface area contributed by atoms with Crippen molar-refractivity contribution in [3.05, 3.63) is 12.2 Å². The lowest BCUT2D eigenvalue weighted by molar-refractivity contribution is 0.0990. The summed E-state index contributed by atoms with van der Waals surface area (Å²) in [6.07, 6.45) is 22.9. The first kappa shape index (κ1) is 23.6. The normalized spacial score (nSPS) is 14.3. The van der Waals surface area contributed by atoms with E-state index in [9.17, 15) is 5.11 Å². The van der Waals surface area contributed by atoms with Gasteiger partial charge in [0.1, 0.15) is 0 Å². The minimum absolute atomic E-state index is 0.131. The van der Waals surface area contributed by atoms with Gasteiger partial charge in [-0.15, -0.1) is 0 Å². The van der Waals surface area contributed by atoms with Crippen molar-refractivity contribution >= 4 is 0 Å². The van der Waals surface area contributed by atoms with Gasteiger partial charge in [-0.1, -0.05) is 83.3 Å². The van der Waals surface area contributed by atoms with Crippen LogP contribution < -0.4 is 5.73 Å². The van der Waals surface area contributed by atoms with Crippen molar-refractivity contribution in [3.63, 3.8) is 0 Å². The lowest BCUT2D eigenvalue weighted by atomic mass is 10.0. The average Bonchev–Trinajstić information content (AvgIpc) is 2.60. The Morgan fingerprint density at radius 2 is 1.21 bits per heavy atom. The number of aliphatic hydroxyl groups is 2. The Balaban J connectivity index is 3.18. The third-order valence-corrected chi connectivity index (χ3v) is 4.72. The van der Waals surface area contributed by atoms with E-state index in [4.69, 9.17) is 10.8 Å². The Bertz CT molecular complexity index is 269. The summed E-state index contributed by atoms with van der Waals surface area (Å²) in [5, 5.41) is 18.5. The average molecular weight is 342 g/mol. The van der Waals surface area contributed by atoms with Crippen LogP contribution in [0.1, 0.15) is 103 Å². The number of rotatable bonds is 18. The van der Waals surface area contributed by atoms with E-state index in [-0.39, 0.29) is 6.61 Å². The molecule has 0 saturated heterocycles. The van der Waals surface area contributed by atoms with Crippen molar-refractivity contribution in [2.75, 3.05) is 6.61 Å². The smallest absolute Gasteiger partial charge is 0.0713 e. The van der Waals surface area contributed by atoms with E-state index < -0.39 is 12.1 Å². The van der Waals surface area contributed by atoms with Gasteiger partial charge in [0.2, 0.25) is 0 Å².